The summed E-state index contributed by atoms with van der Waals surface area (Å²) >= 11 is 0. The molecule has 1 aliphatic rings. The van der Waals surface area contributed by atoms with E-state index in [4.69, 9.17) is 4.74 Å². The number of esters is 1. The van der Waals surface area contributed by atoms with Gasteiger partial charge in [0.25, 0.3) is 0 Å². The van der Waals surface area contributed by atoms with Crippen LogP contribution in [0.15, 0.2) is 35.2 Å². The van der Waals surface area contributed by atoms with Crippen molar-refractivity contribution in [1.29, 1.82) is 0 Å². The van der Waals surface area contributed by atoms with Gasteiger partial charge in [-0.05, 0) is 37.3 Å². The summed E-state index contributed by atoms with van der Waals surface area (Å²) in [6, 6.07) is 8.37. The summed E-state index contributed by atoms with van der Waals surface area (Å²) in [5.74, 6) is 0.109. The molecule has 2 atom stereocenters. The van der Waals surface area contributed by atoms with E-state index < -0.39 is 22.8 Å². The van der Waals surface area contributed by atoms with E-state index in [9.17, 15) is 13.8 Å². The van der Waals surface area contributed by atoms with E-state index in [-0.39, 0.29) is 5.91 Å². The Morgan fingerprint density at radius 2 is 1.92 bits per heavy atom. The molecular weight excluding hydrogens is 326 g/mol. The highest BCUT2D eigenvalue weighted by atomic mass is 32.2. The van der Waals surface area contributed by atoms with Crippen LogP contribution in [0.5, 0.6) is 0 Å². The number of rotatable bonds is 8. The molecule has 0 radical (unpaired) electrons. The molecule has 1 N–H and O–H groups in total. The topological polar surface area (TPSA) is 72.5 Å². The fraction of sp³-hybridized carbons (Fsp3) is 0.556. The highest BCUT2D eigenvalue weighted by Crippen LogP contribution is 2.27. The molecule has 1 aliphatic carbocycles. The maximum Gasteiger partial charge on any atom is 0.328 e. The Labute approximate surface area is 145 Å². The average molecular weight is 351 g/mol. The van der Waals surface area contributed by atoms with E-state index in [1.807, 2.05) is 18.2 Å². The highest BCUT2D eigenvalue weighted by molar-refractivity contribution is 7.85. The fourth-order valence-corrected chi connectivity index (χ4v) is 4.18. The van der Waals surface area contributed by atoms with E-state index in [1.54, 1.807) is 12.1 Å². The van der Waals surface area contributed by atoms with Gasteiger partial charge in [-0.15, -0.1) is 0 Å². The number of nitrogens with one attached hydrogen (secondary N) is 1. The second-order valence-corrected chi connectivity index (χ2v) is 7.72. The minimum absolute atomic E-state index is 0.122. The number of hydrogen-bond acceptors (Lipinski definition) is 4. The quantitative estimate of drug-likeness (QED) is 0.730. The van der Waals surface area contributed by atoms with Gasteiger partial charge >= 0.3 is 5.97 Å². The molecule has 0 saturated heterocycles. The number of benzene rings is 1. The van der Waals surface area contributed by atoms with E-state index in [0.29, 0.717) is 24.5 Å². The third kappa shape index (κ3) is 5.74. The minimum Gasteiger partial charge on any atom is -0.467 e. The van der Waals surface area contributed by atoms with Crippen LogP contribution in [0, 0.1) is 5.92 Å². The summed E-state index contributed by atoms with van der Waals surface area (Å²) in [5.41, 5.74) is 0. The van der Waals surface area contributed by atoms with E-state index >= 15 is 0 Å². The largest absolute Gasteiger partial charge is 0.467 e. The zero-order chi connectivity index (χ0) is 17.4. The number of carbonyl (C=O) groups is 2. The first-order chi connectivity index (χ1) is 11.6. The van der Waals surface area contributed by atoms with E-state index in [0.717, 1.165) is 17.7 Å². The molecule has 2 rings (SSSR count). The standard InChI is InChI=1S/C18H25NO4S/c1-23-18(21)16(19-17(20)13-14-7-5-6-8-14)11-12-24(22)15-9-3-2-4-10-15/h2-4,9-10,14,16H,5-8,11-13H2,1H3,(H,19,20)/t16-,24-/m0/s1. The van der Waals surface area contributed by atoms with Gasteiger partial charge in [0.15, 0.2) is 0 Å². The van der Waals surface area contributed by atoms with Crippen molar-refractivity contribution >= 4 is 22.7 Å². The molecule has 6 heteroatoms. The van der Waals surface area contributed by atoms with Gasteiger partial charge in [-0.1, -0.05) is 31.0 Å². The molecule has 5 nitrogen and oxygen atoms in total. The van der Waals surface area contributed by atoms with Gasteiger partial charge in [0, 0.05) is 17.1 Å². The molecule has 1 amide bonds. The van der Waals surface area contributed by atoms with Gasteiger partial charge in [-0.2, -0.15) is 0 Å². The van der Waals surface area contributed by atoms with Crippen LogP contribution in [0.2, 0.25) is 0 Å². The molecule has 1 fully saturated rings. The van der Waals surface area contributed by atoms with Gasteiger partial charge in [0.05, 0.1) is 17.9 Å². The Bertz CT molecular complexity index is 570. The highest BCUT2D eigenvalue weighted by Gasteiger charge is 2.25. The Balaban J connectivity index is 1.86. The monoisotopic (exact) mass is 351 g/mol. The van der Waals surface area contributed by atoms with Crippen molar-refractivity contribution in [2.24, 2.45) is 5.92 Å². The predicted octanol–water partition coefficient (Wildman–Crippen LogP) is 2.42. The molecule has 0 bridgehead atoms. The summed E-state index contributed by atoms with van der Waals surface area (Å²) in [7, 11) is 0.0979. The van der Waals surface area contributed by atoms with Crippen LogP contribution in [0.25, 0.3) is 0 Å². The van der Waals surface area contributed by atoms with Crippen LogP contribution in [-0.2, 0) is 25.1 Å². The summed E-state index contributed by atoms with van der Waals surface area (Å²) in [6.07, 6.45) is 5.26. The molecule has 1 saturated carbocycles. The van der Waals surface area contributed by atoms with Crippen LogP contribution >= 0.6 is 0 Å². The number of amides is 1. The van der Waals surface area contributed by atoms with Crippen molar-refractivity contribution in [3.05, 3.63) is 30.3 Å². The number of methoxy groups -OCH3 is 1. The summed E-state index contributed by atoms with van der Waals surface area (Å²) < 4.78 is 17.0. The van der Waals surface area contributed by atoms with Crippen LogP contribution in [-0.4, -0.2) is 35.0 Å². The van der Waals surface area contributed by atoms with Crippen molar-refractivity contribution in [2.75, 3.05) is 12.9 Å². The fourth-order valence-electron chi connectivity index (χ4n) is 3.04. The third-order valence-electron chi connectivity index (χ3n) is 4.37. The number of hydrogen-bond donors (Lipinski definition) is 1. The van der Waals surface area contributed by atoms with Gasteiger partial charge in [-0.3, -0.25) is 9.00 Å². The van der Waals surface area contributed by atoms with Gasteiger partial charge in [0.1, 0.15) is 6.04 Å². The second kappa shape index (κ2) is 9.57. The Morgan fingerprint density at radius 1 is 1.25 bits per heavy atom. The lowest BCUT2D eigenvalue weighted by molar-refractivity contribution is -0.145. The summed E-state index contributed by atoms with van der Waals surface area (Å²) in [4.78, 5) is 24.8. The van der Waals surface area contributed by atoms with Gasteiger partial charge in [-0.25, -0.2) is 4.79 Å². The molecule has 0 aliphatic heterocycles. The van der Waals surface area contributed by atoms with E-state index in [1.165, 1.54) is 20.0 Å². The molecule has 0 spiro atoms. The average Bonchev–Trinajstić information content (AvgIpc) is 3.11. The second-order valence-electron chi connectivity index (χ2n) is 6.15. The lowest BCUT2D eigenvalue weighted by Gasteiger charge is -2.17. The predicted molar refractivity (Wildman–Crippen MR) is 92.9 cm³/mol. The molecule has 1 aromatic carbocycles. The minimum atomic E-state index is -1.20. The summed E-state index contributed by atoms with van der Waals surface area (Å²) in [5, 5.41) is 2.75. The smallest absolute Gasteiger partial charge is 0.328 e. The Kier molecular flexibility index (Phi) is 7.43. The lowest BCUT2D eigenvalue weighted by atomic mass is 10.0. The van der Waals surface area contributed by atoms with Crippen LogP contribution < -0.4 is 5.32 Å². The first-order valence-corrected chi connectivity index (χ1v) is 9.72. The summed E-state index contributed by atoms with van der Waals surface area (Å²) in [6.45, 7) is 0. The molecule has 132 valence electrons. The number of ether oxygens (including phenoxy) is 1. The van der Waals surface area contributed by atoms with Crippen LogP contribution in [0.1, 0.15) is 38.5 Å². The zero-order valence-electron chi connectivity index (χ0n) is 14.0. The van der Waals surface area contributed by atoms with Crippen molar-refractivity contribution in [3.63, 3.8) is 0 Å². The lowest BCUT2D eigenvalue weighted by Crippen LogP contribution is -2.42. The molecule has 0 unspecified atom stereocenters. The molecule has 0 heterocycles. The third-order valence-corrected chi connectivity index (χ3v) is 5.77. The van der Waals surface area contributed by atoms with E-state index in [2.05, 4.69) is 5.32 Å². The number of carbonyl (C=O) groups excluding carboxylic acids is 2. The first-order valence-electron chi connectivity index (χ1n) is 8.40. The molecule has 1 aromatic rings. The van der Waals surface area contributed by atoms with Crippen molar-refractivity contribution in [1.82, 2.24) is 5.32 Å². The molecular formula is C18H25NO4S. The molecule has 24 heavy (non-hydrogen) atoms. The maximum absolute atomic E-state index is 12.3. The normalized spacial score (nSPS) is 17.2. The maximum atomic E-state index is 12.3. The van der Waals surface area contributed by atoms with Gasteiger partial charge < -0.3 is 10.1 Å². The van der Waals surface area contributed by atoms with Gasteiger partial charge in [0.2, 0.25) is 5.91 Å². The van der Waals surface area contributed by atoms with Crippen molar-refractivity contribution < 1.29 is 18.5 Å². The Hall–Kier alpha value is -1.69. The van der Waals surface area contributed by atoms with Crippen LogP contribution in [0.4, 0.5) is 0 Å². The Morgan fingerprint density at radius 3 is 2.54 bits per heavy atom. The van der Waals surface area contributed by atoms with Crippen LogP contribution in [0.3, 0.4) is 0 Å². The molecule has 0 aromatic heterocycles. The van der Waals surface area contributed by atoms with Crippen molar-refractivity contribution in [2.45, 2.75) is 49.5 Å². The first kappa shape index (κ1) is 18.6. The SMILES string of the molecule is COC(=O)[C@H](CC[S@](=O)c1ccccc1)NC(=O)CC1CCCC1. The van der Waals surface area contributed by atoms with Crippen molar-refractivity contribution in [3.8, 4) is 0 Å². The zero-order valence-corrected chi connectivity index (χ0v) is 14.8.